The number of allylic oxidation sites excluding steroid dienone is 1. The molecule has 0 saturated carbocycles. The van der Waals surface area contributed by atoms with Crippen LogP contribution in [0.2, 0.25) is 0 Å². The molecule has 0 radical (unpaired) electrons. The SMILES string of the molecule is C1=CC2=C(NC1)C1CCNC(c3ccccc3)(c3cccnc3)C1N2. The number of nitrogens with one attached hydrogen (secondary N) is 3. The van der Waals surface area contributed by atoms with Gasteiger partial charge < -0.3 is 16.0 Å². The van der Waals surface area contributed by atoms with E-state index in [-0.39, 0.29) is 11.6 Å². The van der Waals surface area contributed by atoms with E-state index in [1.54, 1.807) is 0 Å². The second-order valence-corrected chi connectivity index (χ2v) is 6.97. The Morgan fingerprint density at radius 3 is 2.76 bits per heavy atom. The maximum absolute atomic E-state index is 4.42. The molecule has 0 amide bonds. The summed E-state index contributed by atoms with van der Waals surface area (Å²) in [6, 6.07) is 15.3. The van der Waals surface area contributed by atoms with Gasteiger partial charge in [-0.2, -0.15) is 0 Å². The fourth-order valence-electron chi connectivity index (χ4n) is 4.70. The van der Waals surface area contributed by atoms with Gasteiger partial charge in [-0.1, -0.05) is 42.5 Å². The standard InChI is InChI=1S/C21H22N4/c1-2-6-15(7-3-1)21(16-8-4-11-22-14-16)20-17(10-13-24-21)19-18(25-20)9-5-12-23-19/h1-9,11,14,17,20,23-25H,10,12-13H2. The molecule has 5 rings (SSSR count). The van der Waals surface area contributed by atoms with Gasteiger partial charge in [0.05, 0.1) is 17.3 Å². The highest BCUT2D eigenvalue weighted by Gasteiger charge is 2.52. The third-order valence-corrected chi connectivity index (χ3v) is 5.74. The number of dihydropyridines is 1. The molecule has 3 unspecified atom stereocenters. The molecule has 126 valence electrons. The topological polar surface area (TPSA) is 49.0 Å². The van der Waals surface area contributed by atoms with Crippen molar-refractivity contribution in [2.45, 2.75) is 18.0 Å². The molecule has 3 N–H and O–H groups in total. The number of nitrogens with zero attached hydrogens (tertiary/aromatic N) is 1. The van der Waals surface area contributed by atoms with Crippen LogP contribution >= 0.6 is 0 Å². The predicted molar refractivity (Wildman–Crippen MR) is 98.7 cm³/mol. The minimum absolute atomic E-state index is 0.257. The molecule has 25 heavy (non-hydrogen) atoms. The van der Waals surface area contributed by atoms with Crippen LogP contribution in [0.3, 0.4) is 0 Å². The normalized spacial score (nSPS) is 30.2. The lowest BCUT2D eigenvalue weighted by Gasteiger charge is -2.47. The second kappa shape index (κ2) is 5.74. The van der Waals surface area contributed by atoms with Gasteiger partial charge in [-0.25, -0.2) is 0 Å². The van der Waals surface area contributed by atoms with Gasteiger partial charge in [0, 0.05) is 30.6 Å². The minimum Gasteiger partial charge on any atom is -0.383 e. The lowest BCUT2D eigenvalue weighted by Crippen LogP contribution is -2.62. The summed E-state index contributed by atoms with van der Waals surface area (Å²) in [6.45, 7) is 1.90. The van der Waals surface area contributed by atoms with Crippen LogP contribution in [-0.2, 0) is 5.54 Å². The zero-order valence-corrected chi connectivity index (χ0v) is 14.1. The molecule has 1 aromatic carbocycles. The highest BCUT2D eigenvalue weighted by atomic mass is 15.2. The third kappa shape index (κ3) is 2.14. The highest BCUT2D eigenvalue weighted by Crippen LogP contribution is 2.45. The van der Waals surface area contributed by atoms with Crippen molar-refractivity contribution in [1.82, 2.24) is 20.9 Å². The van der Waals surface area contributed by atoms with Gasteiger partial charge in [0.25, 0.3) is 0 Å². The van der Waals surface area contributed by atoms with Gasteiger partial charge in [-0.05, 0) is 36.2 Å². The zero-order valence-electron chi connectivity index (χ0n) is 14.1. The maximum atomic E-state index is 4.42. The Hall–Kier alpha value is -2.59. The average molecular weight is 330 g/mol. The first kappa shape index (κ1) is 14.7. The molecule has 3 atom stereocenters. The summed E-state index contributed by atoms with van der Waals surface area (Å²) < 4.78 is 0. The van der Waals surface area contributed by atoms with Gasteiger partial charge in [-0.15, -0.1) is 0 Å². The Balaban J connectivity index is 1.68. The van der Waals surface area contributed by atoms with E-state index in [1.807, 2.05) is 18.5 Å². The fraction of sp³-hybridized carbons (Fsp3) is 0.286. The highest BCUT2D eigenvalue weighted by molar-refractivity contribution is 5.46. The van der Waals surface area contributed by atoms with E-state index in [9.17, 15) is 0 Å². The zero-order chi connectivity index (χ0) is 16.7. The lowest BCUT2D eigenvalue weighted by atomic mass is 9.69. The average Bonchev–Trinajstić information content (AvgIpc) is 3.08. The molecule has 3 aliphatic rings. The summed E-state index contributed by atoms with van der Waals surface area (Å²) in [5, 5.41) is 11.3. The molecule has 0 aliphatic carbocycles. The van der Waals surface area contributed by atoms with E-state index in [2.05, 4.69) is 69.5 Å². The first-order chi connectivity index (χ1) is 12.4. The number of hydrogen-bond donors (Lipinski definition) is 3. The Morgan fingerprint density at radius 1 is 1.04 bits per heavy atom. The van der Waals surface area contributed by atoms with Crippen molar-refractivity contribution in [2.75, 3.05) is 13.1 Å². The summed E-state index contributed by atoms with van der Waals surface area (Å²) in [4.78, 5) is 4.42. The lowest BCUT2D eigenvalue weighted by molar-refractivity contribution is 0.201. The van der Waals surface area contributed by atoms with Crippen molar-refractivity contribution >= 4 is 0 Å². The molecule has 3 aliphatic heterocycles. The number of benzene rings is 1. The molecule has 1 fully saturated rings. The molecule has 1 aromatic heterocycles. The van der Waals surface area contributed by atoms with Crippen LogP contribution in [0.5, 0.6) is 0 Å². The van der Waals surface area contributed by atoms with Crippen LogP contribution < -0.4 is 16.0 Å². The second-order valence-electron chi connectivity index (χ2n) is 6.97. The van der Waals surface area contributed by atoms with Gasteiger partial charge in [0.1, 0.15) is 0 Å². The number of aromatic nitrogens is 1. The van der Waals surface area contributed by atoms with Gasteiger partial charge >= 0.3 is 0 Å². The quantitative estimate of drug-likeness (QED) is 0.791. The van der Waals surface area contributed by atoms with Gasteiger partial charge in [-0.3, -0.25) is 4.98 Å². The van der Waals surface area contributed by atoms with Gasteiger partial charge in [0.15, 0.2) is 0 Å². The van der Waals surface area contributed by atoms with Crippen molar-refractivity contribution in [1.29, 1.82) is 0 Å². The van der Waals surface area contributed by atoms with E-state index in [0.29, 0.717) is 5.92 Å². The molecular formula is C21H22N4. The van der Waals surface area contributed by atoms with E-state index in [1.165, 1.54) is 22.5 Å². The van der Waals surface area contributed by atoms with Crippen LogP contribution in [0, 0.1) is 5.92 Å². The summed E-state index contributed by atoms with van der Waals surface area (Å²) in [7, 11) is 0. The Labute approximate surface area is 148 Å². The molecule has 0 spiro atoms. The third-order valence-electron chi connectivity index (χ3n) is 5.74. The number of pyridine rings is 1. The van der Waals surface area contributed by atoms with E-state index in [0.717, 1.165) is 19.5 Å². The minimum atomic E-state index is -0.286. The smallest absolute Gasteiger partial charge is 0.0916 e. The van der Waals surface area contributed by atoms with Crippen LogP contribution in [0.1, 0.15) is 17.5 Å². The maximum Gasteiger partial charge on any atom is 0.0916 e. The van der Waals surface area contributed by atoms with Crippen LogP contribution in [0.4, 0.5) is 0 Å². The number of piperidine rings is 1. The largest absolute Gasteiger partial charge is 0.383 e. The first-order valence-electron chi connectivity index (χ1n) is 9.02. The van der Waals surface area contributed by atoms with Gasteiger partial charge in [0.2, 0.25) is 0 Å². The number of fused-ring (bicyclic) bond motifs is 2. The van der Waals surface area contributed by atoms with Crippen LogP contribution in [-0.4, -0.2) is 24.1 Å². The Kier molecular flexibility index (Phi) is 3.38. The summed E-state index contributed by atoms with van der Waals surface area (Å²) in [6.07, 6.45) is 9.39. The molecule has 4 nitrogen and oxygen atoms in total. The van der Waals surface area contributed by atoms with Crippen molar-refractivity contribution in [2.24, 2.45) is 5.92 Å². The number of hydrogen-bond acceptors (Lipinski definition) is 4. The van der Waals surface area contributed by atoms with Crippen molar-refractivity contribution in [3.63, 3.8) is 0 Å². The Bertz CT molecular complexity index is 786. The molecule has 2 aromatic rings. The summed E-state index contributed by atoms with van der Waals surface area (Å²) in [5.41, 5.74) is 4.83. The molecular weight excluding hydrogens is 308 g/mol. The number of rotatable bonds is 2. The predicted octanol–water partition coefficient (Wildman–Crippen LogP) is 2.28. The first-order valence-corrected chi connectivity index (χ1v) is 9.02. The van der Waals surface area contributed by atoms with Crippen LogP contribution in [0.15, 0.2) is 78.4 Å². The molecule has 1 saturated heterocycles. The fourth-order valence-corrected chi connectivity index (χ4v) is 4.70. The summed E-state index contributed by atoms with van der Waals surface area (Å²) in [5.74, 6) is 0.474. The van der Waals surface area contributed by atoms with Crippen molar-refractivity contribution in [3.05, 3.63) is 89.5 Å². The molecule has 4 heterocycles. The van der Waals surface area contributed by atoms with Crippen LogP contribution in [0.25, 0.3) is 0 Å². The summed E-state index contributed by atoms with van der Waals surface area (Å²) >= 11 is 0. The van der Waals surface area contributed by atoms with E-state index >= 15 is 0 Å². The van der Waals surface area contributed by atoms with E-state index in [4.69, 9.17) is 0 Å². The Morgan fingerprint density at radius 2 is 1.92 bits per heavy atom. The van der Waals surface area contributed by atoms with Crippen molar-refractivity contribution in [3.8, 4) is 0 Å². The molecule has 4 heteroatoms. The van der Waals surface area contributed by atoms with Crippen molar-refractivity contribution < 1.29 is 0 Å². The van der Waals surface area contributed by atoms with E-state index < -0.39 is 0 Å². The monoisotopic (exact) mass is 330 g/mol. The molecule has 0 bridgehead atoms.